The summed E-state index contributed by atoms with van der Waals surface area (Å²) in [6, 6.07) is 24.1. The number of fused-ring (bicyclic) bond motifs is 1. The van der Waals surface area contributed by atoms with E-state index in [4.69, 9.17) is 4.98 Å². The van der Waals surface area contributed by atoms with Gasteiger partial charge >= 0.3 is 0 Å². The number of amides is 1. The second-order valence-corrected chi connectivity index (χ2v) is 10.8. The number of hydrogen-bond acceptors (Lipinski definition) is 5. The molecule has 4 aromatic rings. The third kappa shape index (κ3) is 5.54. The molecule has 2 fully saturated rings. The Bertz CT molecular complexity index is 1570. The highest BCUT2D eigenvalue weighted by molar-refractivity contribution is 6.08. The van der Waals surface area contributed by atoms with Crippen molar-refractivity contribution in [2.75, 3.05) is 31.5 Å². The molecule has 7 heteroatoms. The van der Waals surface area contributed by atoms with Gasteiger partial charge in [-0.1, -0.05) is 30.3 Å². The lowest BCUT2D eigenvalue weighted by Crippen LogP contribution is -2.42. The van der Waals surface area contributed by atoms with Gasteiger partial charge in [-0.3, -0.25) is 4.79 Å². The summed E-state index contributed by atoms with van der Waals surface area (Å²) in [5.41, 5.74) is 4.69. The number of benzene rings is 3. The monoisotopic (exact) mass is 533 g/mol. The lowest BCUT2D eigenvalue weighted by molar-refractivity contribution is 0.0710. The van der Waals surface area contributed by atoms with Gasteiger partial charge in [0.05, 0.1) is 22.7 Å². The Morgan fingerprint density at radius 2 is 1.77 bits per heavy atom. The number of likely N-dealkylation sites (tertiary alicyclic amines) is 2. The zero-order valence-corrected chi connectivity index (χ0v) is 22.4. The molecule has 202 valence electrons. The molecule has 1 N–H and O–H groups in total. The average Bonchev–Trinajstić information content (AvgIpc) is 3.68. The first-order valence-electron chi connectivity index (χ1n) is 14.0. The molecule has 2 aliphatic heterocycles. The van der Waals surface area contributed by atoms with E-state index in [1.807, 2.05) is 42.5 Å². The number of pyridine rings is 1. The smallest absolute Gasteiger partial charge is 0.254 e. The number of carbonyl (C=O) groups is 1. The van der Waals surface area contributed by atoms with Gasteiger partial charge < -0.3 is 15.1 Å². The third-order valence-electron chi connectivity index (χ3n) is 8.05. The van der Waals surface area contributed by atoms with Crippen LogP contribution in [0.5, 0.6) is 0 Å². The Morgan fingerprint density at radius 3 is 2.55 bits per heavy atom. The van der Waals surface area contributed by atoms with Crippen LogP contribution in [0.4, 0.5) is 10.2 Å². The molecule has 3 heterocycles. The summed E-state index contributed by atoms with van der Waals surface area (Å²) in [7, 11) is 0. The summed E-state index contributed by atoms with van der Waals surface area (Å²) >= 11 is 0. The second kappa shape index (κ2) is 11.4. The number of nitriles is 1. The maximum Gasteiger partial charge on any atom is 0.254 e. The van der Waals surface area contributed by atoms with Crippen molar-refractivity contribution in [3.63, 3.8) is 0 Å². The number of nitrogens with one attached hydrogen (secondary N) is 1. The van der Waals surface area contributed by atoms with Crippen LogP contribution in [0.25, 0.3) is 22.0 Å². The molecule has 6 nitrogen and oxygen atoms in total. The Balaban J connectivity index is 1.36. The Morgan fingerprint density at radius 1 is 0.975 bits per heavy atom. The molecule has 0 radical (unpaired) electrons. The van der Waals surface area contributed by atoms with Gasteiger partial charge in [-0.15, -0.1) is 0 Å². The fourth-order valence-electron chi connectivity index (χ4n) is 5.96. The number of anilines is 1. The van der Waals surface area contributed by atoms with Gasteiger partial charge in [-0.2, -0.15) is 5.26 Å². The van der Waals surface area contributed by atoms with Gasteiger partial charge in [0.25, 0.3) is 5.91 Å². The average molecular weight is 534 g/mol. The highest BCUT2D eigenvalue weighted by Crippen LogP contribution is 2.31. The number of rotatable bonds is 7. The van der Waals surface area contributed by atoms with E-state index < -0.39 is 0 Å². The predicted molar refractivity (Wildman–Crippen MR) is 155 cm³/mol. The van der Waals surface area contributed by atoms with Gasteiger partial charge in [0.15, 0.2) is 0 Å². The third-order valence-corrected chi connectivity index (χ3v) is 8.05. The van der Waals surface area contributed by atoms with E-state index in [-0.39, 0.29) is 17.8 Å². The first-order chi connectivity index (χ1) is 19.6. The van der Waals surface area contributed by atoms with E-state index >= 15 is 0 Å². The number of carbonyl (C=O) groups excluding carboxylic acids is 1. The van der Waals surface area contributed by atoms with Crippen molar-refractivity contribution in [3.05, 3.63) is 95.3 Å². The van der Waals surface area contributed by atoms with Crippen LogP contribution < -0.4 is 5.32 Å². The predicted octanol–water partition coefficient (Wildman–Crippen LogP) is 6.23. The topological polar surface area (TPSA) is 72.3 Å². The molecule has 2 aliphatic rings. The first kappa shape index (κ1) is 26.0. The van der Waals surface area contributed by atoms with Crippen molar-refractivity contribution in [3.8, 4) is 17.2 Å². The summed E-state index contributed by atoms with van der Waals surface area (Å²) in [5.74, 6) is 0.330. The van der Waals surface area contributed by atoms with Gasteiger partial charge in [-0.05, 0) is 97.9 Å². The minimum atomic E-state index is -0.282. The van der Waals surface area contributed by atoms with E-state index in [9.17, 15) is 14.4 Å². The quantitative estimate of drug-likeness (QED) is 0.305. The molecule has 0 bridgehead atoms. The molecular weight excluding hydrogens is 501 g/mol. The van der Waals surface area contributed by atoms with Crippen LogP contribution in [-0.2, 0) is 6.54 Å². The van der Waals surface area contributed by atoms with Crippen molar-refractivity contribution in [2.45, 2.75) is 38.3 Å². The Kier molecular flexibility index (Phi) is 7.43. The molecule has 0 unspecified atom stereocenters. The standard InChI is InChI=1S/C33H32FN5O/c34-27-6-3-5-24(17-27)21-36-32-19-30(33(40)39-16-4-7-28(39)22-38-14-1-2-15-38)29-18-26(12-13-31(29)37-32)25-10-8-23(20-35)9-11-25/h3,5-6,8-13,17-19,28H,1-2,4,7,14-16,21-22H2,(H,36,37)/t28-/m0/s1. The molecule has 2 saturated heterocycles. The van der Waals surface area contributed by atoms with Gasteiger partial charge in [0, 0.05) is 31.1 Å². The minimum absolute atomic E-state index is 0.0277. The number of aromatic nitrogens is 1. The number of nitrogens with zero attached hydrogens (tertiary/aromatic N) is 4. The fourth-order valence-corrected chi connectivity index (χ4v) is 5.96. The van der Waals surface area contributed by atoms with Crippen LogP contribution in [0.3, 0.4) is 0 Å². The molecule has 6 rings (SSSR count). The highest BCUT2D eigenvalue weighted by atomic mass is 19.1. The van der Waals surface area contributed by atoms with Crippen LogP contribution in [-0.4, -0.2) is 52.9 Å². The maximum atomic E-state index is 14.2. The molecule has 1 aromatic heterocycles. The number of hydrogen-bond donors (Lipinski definition) is 1. The summed E-state index contributed by atoms with van der Waals surface area (Å²) < 4.78 is 13.7. The van der Waals surface area contributed by atoms with E-state index in [1.165, 1.54) is 25.0 Å². The SMILES string of the molecule is N#Cc1ccc(-c2ccc3nc(NCc4cccc(F)c4)cc(C(=O)N4CCC[C@H]4CN4CCCC4)c3c2)cc1. The van der Waals surface area contributed by atoms with E-state index in [0.717, 1.165) is 66.6 Å². The zero-order valence-electron chi connectivity index (χ0n) is 22.4. The minimum Gasteiger partial charge on any atom is -0.366 e. The summed E-state index contributed by atoms with van der Waals surface area (Å²) in [6.45, 7) is 4.30. The lowest BCUT2D eigenvalue weighted by Gasteiger charge is -2.29. The van der Waals surface area contributed by atoms with Crippen LogP contribution in [0.15, 0.2) is 72.8 Å². The van der Waals surface area contributed by atoms with Gasteiger partial charge in [0.1, 0.15) is 11.6 Å². The van der Waals surface area contributed by atoms with E-state index in [2.05, 4.69) is 21.2 Å². The molecule has 1 atom stereocenters. The highest BCUT2D eigenvalue weighted by Gasteiger charge is 2.32. The van der Waals surface area contributed by atoms with Crippen LogP contribution in [0, 0.1) is 17.1 Å². The van der Waals surface area contributed by atoms with Gasteiger partial charge in [0.2, 0.25) is 0 Å². The van der Waals surface area contributed by atoms with Crippen molar-refractivity contribution >= 4 is 22.6 Å². The maximum absolute atomic E-state index is 14.2. The van der Waals surface area contributed by atoms with Crippen LogP contribution in [0.2, 0.25) is 0 Å². The molecule has 40 heavy (non-hydrogen) atoms. The fraction of sp³-hybridized carbons (Fsp3) is 0.303. The summed E-state index contributed by atoms with van der Waals surface area (Å²) in [5, 5.41) is 13.3. The second-order valence-electron chi connectivity index (χ2n) is 10.8. The normalized spacial score (nSPS) is 17.3. The van der Waals surface area contributed by atoms with E-state index in [1.54, 1.807) is 18.2 Å². The summed E-state index contributed by atoms with van der Waals surface area (Å²) in [6.07, 6.45) is 4.49. The molecule has 1 amide bonds. The molecule has 0 aliphatic carbocycles. The molecule has 0 spiro atoms. The van der Waals surface area contributed by atoms with Crippen LogP contribution >= 0.6 is 0 Å². The van der Waals surface area contributed by atoms with Crippen molar-refractivity contribution in [2.24, 2.45) is 0 Å². The summed E-state index contributed by atoms with van der Waals surface area (Å²) in [4.78, 5) is 23.6. The first-order valence-corrected chi connectivity index (χ1v) is 14.0. The lowest BCUT2D eigenvalue weighted by atomic mass is 9.99. The Labute approximate surface area is 234 Å². The molecular formula is C33H32FN5O. The molecule has 0 saturated carbocycles. The van der Waals surface area contributed by atoms with Crippen molar-refractivity contribution in [1.29, 1.82) is 5.26 Å². The van der Waals surface area contributed by atoms with Crippen LogP contribution in [0.1, 0.15) is 47.2 Å². The number of halogens is 1. The Hall–Kier alpha value is -4.28. The molecule has 3 aromatic carbocycles. The van der Waals surface area contributed by atoms with Crippen molar-refractivity contribution in [1.82, 2.24) is 14.8 Å². The largest absolute Gasteiger partial charge is 0.366 e. The van der Waals surface area contributed by atoms with E-state index in [0.29, 0.717) is 23.5 Å². The zero-order chi connectivity index (χ0) is 27.5. The van der Waals surface area contributed by atoms with Gasteiger partial charge in [-0.25, -0.2) is 9.37 Å². The van der Waals surface area contributed by atoms with Crippen molar-refractivity contribution < 1.29 is 9.18 Å².